The van der Waals surface area contributed by atoms with Crippen LogP contribution in [-0.2, 0) is 18.9 Å². The second-order valence-corrected chi connectivity index (χ2v) is 6.79. The predicted octanol–water partition coefficient (Wildman–Crippen LogP) is 2.29. The van der Waals surface area contributed by atoms with Crippen molar-refractivity contribution >= 4 is 11.5 Å². The summed E-state index contributed by atoms with van der Waals surface area (Å²) in [5, 5.41) is 4.28. The van der Waals surface area contributed by atoms with Crippen LogP contribution in [0.5, 0.6) is 0 Å². The molecule has 2 aromatic carbocycles. The first-order chi connectivity index (χ1) is 13.5. The molecule has 0 amide bonds. The fraction of sp³-hybridized carbons (Fsp3) is 0.190. The molecule has 1 unspecified atom stereocenters. The number of rotatable bonds is 3. The SMILES string of the molecule is Cc1ccc(C2=NOC(c3cn(C)c(=O)n(C)c3=O)N2c2ccccc2)cc1. The number of para-hydroxylation sites is 1. The third-order valence-electron chi connectivity index (χ3n) is 4.78. The van der Waals surface area contributed by atoms with E-state index < -0.39 is 17.5 Å². The van der Waals surface area contributed by atoms with E-state index in [-0.39, 0.29) is 0 Å². The summed E-state index contributed by atoms with van der Waals surface area (Å²) in [7, 11) is 3.06. The molecule has 4 rings (SSSR count). The lowest BCUT2D eigenvalue weighted by molar-refractivity contribution is 0.0847. The van der Waals surface area contributed by atoms with Gasteiger partial charge in [0.1, 0.15) is 0 Å². The molecule has 1 aliphatic rings. The van der Waals surface area contributed by atoms with E-state index in [4.69, 9.17) is 4.84 Å². The highest BCUT2D eigenvalue weighted by atomic mass is 16.7. The molecule has 3 aromatic rings. The van der Waals surface area contributed by atoms with E-state index in [9.17, 15) is 9.59 Å². The number of nitrogens with zero attached hydrogens (tertiary/aromatic N) is 4. The summed E-state index contributed by atoms with van der Waals surface area (Å²) in [4.78, 5) is 32.4. The van der Waals surface area contributed by atoms with Crippen molar-refractivity contribution in [2.45, 2.75) is 13.2 Å². The third kappa shape index (κ3) is 2.90. The second kappa shape index (κ2) is 6.84. The summed E-state index contributed by atoms with van der Waals surface area (Å²) in [6.07, 6.45) is 0.739. The lowest BCUT2D eigenvalue weighted by atomic mass is 10.1. The molecule has 0 fully saturated rings. The Kier molecular flexibility index (Phi) is 4.35. The molecule has 0 saturated carbocycles. The van der Waals surface area contributed by atoms with Gasteiger partial charge in [-0.15, -0.1) is 0 Å². The Labute approximate surface area is 161 Å². The van der Waals surface area contributed by atoms with Crippen molar-refractivity contribution in [2.24, 2.45) is 19.3 Å². The molecule has 0 N–H and O–H groups in total. The molecule has 1 atom stereocenters. The largest absolute Gasteiger partial charge is 0.363 e. The minimum atomic E-state index is -0.774. The van der Waals surface area contributed by atoms with E-state index >= 15 is 0 Å². The minimum absolute atomic E-state index is 0.333. The molecular weight excluding hydrogens is 356 g/mol. The number of benzene rings is 2. The van der Waals surface area contributed by atoms with Crippen molar-refractivity contribution in [1.29, 1.82) is 0 Å². The van der Waals surface area contributed by atoms with E-state index in [0.29, 0.717) is 11.4 Å². The average molecular weight is 376 g/mol. The van der Waals surface area contributed by atoms with Crippen LogP contribution in [0.2, 0.25) is 0 Å². The van der Waals surface area contributed by atoms with Gasteiger partial charge in [0.05, 0.1) is 5.56 Å². The summed E-state index contributed by atoms with van der Waals surface area (Å²) < 4.78 is 2.44. The van der Waals surface area contributed by atoms with E-state index in [1.807, 2.05) is 66.4 Å². The van der Waals surface area contributed by atoms with Gasteiger partial charge in [0, 0.05) is 31.5 Å². The minimum Gasteiger partial charge on any atom is -0.363 e. The van der Waals surface area contributed by atoms with Crippen molar-refractivity contribution in [1.82, 2.24) is 9.13 Å². The van der Waals surface area contributed by atoms with E-state index in [1.165, 1.54) is 17.8 Å². The maximum atomic E-state index is 12.8. The van der Waals surface area contributed by atoms with Crippen LogP contribution in [0.4, 0.5) is 5.69 Å². The standard InChI is InChI=1S/C21H20N4O3/c1-14-9-11-15(12-10-14)18-22-28-20(25(18)16-7-5-4-6-8-16)17-13-23(2)21(27)24(3)19(17)26/h4-13,20H,1-3H3. The van der Waals surface area contributed by atoms with Crippen molar-refractivity contribution in [3.63, 3.8) is 0 Å². The highest BCUT2D eigenvalue weighted by molar-refractivity contribution is 6.10. The zero-order chi connectivity index (χ0) is 19.8. The van der Waals surface area contributed by atoms with Gasteiger partial charge in [0.15, 0.2) is 5.84 Å². The highest BCUT2D eigenvalue weighted by Gasteiger charge is 2.36. The molecule has 0 saturated heterocycles. The van der Waals surface area contributed by atoms with Crippen molar-refractivity contribution < 1.29 is 4.84 Å². The van der Waals surface area contributed by atoms with E-state index in [0.717, 1.165) is 21.4 Å². The van der Waals surface area contributed by atoms with Crippen LogP contribution in [0.1, 0.15) is 22.9 Å². The summed E-state index contributed by atoms with van der Waals surface area (Å²) in [5.74, 6) is 0.604. The number of anilines is 1. The van der Waals surface area contributed by atoms with Crippen molar-refractivity contribution in [3.05, 3.63) is 98.3 Å². The number of aryl methyl sites for hydroxylation is 2. The van der Waals surface area contributed by atoms with Gasteiger partial charge in [-0.2, -0.15) is 0 Å². The van der Waals surface area contributed by atoms with E-state index in [1.54, 1.807) is 7.05 Å². The number of oxime groups is 1. The van der Waals surface area contributed by atoms with Crippen LogP contribution in [0, 0.1) is 6.92 Å². The van der Waals surface area contributed by atoms with Gasteiger partial charge in [-0.05, 0) is 19.1 Å². The maximum absolute atomic E-state index is 12.8. The Balaban J connectivity index is 1.87. The molecule has 1 aromatic heterocycles. The molecule has 1 aliphatic heterocycles. The topological polar surface area (TPSA) is 68.8 Å². The van der Waals surface area contributed by atoms with Gasteiger partial charge >= 0.3 is 5.69 Å². The Morgan fingerprint density at radius 2 is 1.64 bits per heavy atom. The van der Waals surface area contributed by atoms with Gasteiger partial charge in [-0.3, -0.25) is 14.3 Å². The van der Waals surface area contributed by atoms with Gasteiger partial charge in [-0.25, -0.2) is 4.79 Å². The molecule has 7 nitrogen and oxygen atoms in total. The number of amidine groups is 1. The number of hydrogen-bond acceptors (Lipinski definition) is 5. The Morgan fingerprint density at radius 1 is 0.964 bits per heavy atom. The normalized spacial score (nSPS) is 16.0. The summed E-state index contributed by atoms with van der Waals surface area (Å²) in [6.45, 7) is 2.02. The maximum Gasteiger partial charge on any atom is 0.330 e. The Morgan fingerprint density at radius 3 is 2.32 bits per heavy atom. The quantitative estimate of drug-likeness (QED) is 0.703. The lowest BCUT2D eigenvalue weighted by Gasteiger charge is -2.25. The molecule has 0 radical (unpaired) electrons. The monoisotopic (exact) mass is 376 g/mol. The van der Waals surface area contributed by atoms with Crippen LogP contribution >= 0.6 is 0 Å². The molecule has 2 heterocycles. The van der Waals surface area contributed by atoms with Gasteiger partial charge < -0.3 is 9.40 Å². The first-order valence-electron chi connectivity index (χ1n) is 8.89. The van der Waals surface area contributed by atoms with Gasteiger partial charge in [-0.1, -0.05) is 53.2 Å². The summed E-state index contributed by atoms with van der Waals surface area (Å²) in [5.41, 5.74) is 2.38. The zero-order valence-corrected chi connectivity index (χ0v) is 15.9. The molecule has 0 aliphatic carbocycles. The summed E-state index contributed by atoms with van der Waals surface area (Å²) in [6, 6.07) is 17.5. The highest BCUT2D eigenvalue weighted by Crippen LogP contribution is 2.33. The summed E-state index contributed by atoms with van der Waals surface area (Å²) >= 11 is 0. The van der Waals surface area contributed by atoms with Crippen LogP contribution in [-0.4, -0.2) is 15.0 Å². The number of hydrogen-bond donors (Lipinski definition) is 0. The molecule has 7 heteroatoms. The van der Waals surface area contributed by atoms with Gasteiger partial charge in [0.2, 0.25) is 6.23 Å². The van der Waals surface area contributed by atoms with Crippen molar-refractivity contribution in [3.8, 4) is 0 Å². The average Bonchev–Trinajstić information content (AvgIpc) is 3.15. The van der Waals surface area contributed by atoms with Crippen LogP contribution in [0.3, 0.4) is 0 Å². The fourth-order valence-corrected chi connectivity index (χ4v) is 3.24. The van der Waals surface area contributed by atoms with Crippen molar-refractivity contribution in [2.75, 3.05) is 4.90 Å². The van der Waals surface area contributed by atoms with Crippen LogP contribution in [0.15, 0.2) is 75.5 Å². The molecule has 0 bridgehead atoms. The second-order valence-electron chi connectivity index (χ2n) is 6.79. The Bertz CT molecular complexity index is 1160. The smallest absolute Gasteiger partial charge is 0.330 e. The van der Waals surface area contributed by atoms with Gasteiger partial charge in [0.25, 0.3) is 5.56 Å². The van der Waals surface area contributed by atoms with E-state index in [2.05, 4.69) is 5.16 Å². The fourth-order valence-electron chi connectivity index (χ4n) is 3.24. The molecule has 0 spiro atoms. The molecule has 142 valence electrons. The number of aromatic nitrogens is 2. The van der Waals surface area contributed by atoms with Crippen LogP contribution in [0.25, 0.3) is 0 Å². The molecule has 28 heavy (non-hydrogen) atoms. The first-order valence-corrected chi connectivity index (χ1v) is 8.89. The third-order valence-corrected chi connectivity index (χ3v) is 4.78. The Hall–Kier alpha value is -3.61. The van der Waals surface area contributed by atoms with Crippen LogP contribution < -0.4 is 16.1 Å². The zero-order valence-electron chi connectivity index (χ0n) is 15.9. The predicted molar refractivity (Wildman–Crippen MR) is 107 cm³/mol. The lowest BCUT2D eigenvalue weighted by Crippen LogP contribution is -2.42. The first kappa shape index (κ1) is 17.8. The molecular formula is C21H20N4O3.